The van der Waals surface area contributed by atoms with E-state index in [1.807, 2.05) is 25.1 Å². The van der Waals surface area contributed by atoms with Crippen LogP contribution < -0.4 is 4.74 Å². The number of aryl methyl sites for hydroxylation is 1. The number of hydrogen-bond donors (Lipinski definition) is 1. The first kappa shape index (κ1) is 15.0. The quantitative estimate of drug-likeness (QED) is 0.662. The molecule has 2 aromatic rings. The van der Waals surface area contributed by atoms with Crippen molar-refractivity contribution in [3.8, 4) is 11.5 Å². The first-order chi connectivity index (χ1) is 10.0. The summed E-state index contributed by atoms with van der Waals surface area (Å²) in [5, 5.41) is 20.7. The number of benzene rings is 2. The largest absolute Gasteiger partial charge is 0.457 e. The van der Waals surface area contributed by atoms with E-state index in [0.29, 0.717) is 29.0 Å². The van der Waals surface area contributed by atoms with Gasteiger partial charge in [0, 0.05) is 17.7 Å². The van der Waals surface area contributed by atoms with Gasteiger partial charge in [-0.25, -0.2) is 0 Å². The van der Waals surface area contributed by atoms with Crippen molar-refractivity contribution in [3.63, 3.8) is 0 Å². The van der Waals surface area contributed by atoms with E-state index in [1.165, 1.54) is 12.1 Å². The first-order valence-corrected chi connectivity index (χ1v) is 6.72. The van der Waals surface area contributed by atoms with Crippen molar-refractivity contribution in [2.24, 2.45) is 0 Å². The van der Waals surface area contributed by atoms with Crippen molar-refractivity contribution in [1.29, 1.82) is 0 Å². The molecule has 2 rings (SSSR count). The lowest BCUT2D eigenvalue weighted by molar-refractivity contribution is -0.384. The Morgan fingerprint density at radius 3 is 2.57 bits per heavy atom. The maximum absolute atomic E-state index is 10.7. The lowest BCUT2D eigenvalue weighted by atomic mass is 10.1. The van der Waals surface area contributed by atoms with Crippen LogP contribution in [0.4, 0.5) is 5.69 Å². The molecule has 2 aromatic carbocycles. The third-order valence-electron chi connectivity index (χ3n) is 3.25. The highest BCUT2D eigenvalue weighted by Gasteiger charge is 2.14. The second kappa shape index (κ2) is 6.37. The van der Waals surface area contributed by atoms with Crippen molar-refractivity contribution >= 4 is 5.69 Å². The molecule has 0 aromatic heterocycles. The molecule has 0 heterocycles. The fraction of sp³-hybridized carbons (Fsp3) is 0.250. The Hall–Kier alpha value is -2.40. The van der Waals surface area contributed by atoms with Gasteiger partial charge in [-0.1, -0.05) is 25.1 Å². The number of nitrogens with zero attached hydrogens (tertiary/aromatic N) is 1. The second-order valence-corrected chi connectivity index (χ2v) is 4.77. The zero-order chi connectivity index (χ0) is 15.4. The van der Waals surface area contributed by atoms with E-state index in [4.69, 9.17) is 4.74 Å². The summed E-state index contributed by atoms with van der Waals surface area (Å²) in [6.07, 6.45) is -0.0147. The van der Waals surface area contributed by atoms with Gasteiger partial charge in [-0.05, 0) is 31.0 Å². The predicted molar refractivity (Wildman–Crippen MR) is 79.6 cm³/mol. The van der Waals surface area contributed by atoms with E-state index in [-0.39, 0.29) is 5.69 Å². The molecule has 0 aliphatic carbocycles. The average Bonchev–Trinajstić information content (AvgIpc) is 2.49. The Labute approximate surface area is 123 Å². The SMILES string of the molecule is CC[C@H](O)c1ccccc1Oc1ccc([N+](=O)[O-])cc1C. The second-order valence-electron chi connectivity index (χ2n) is 4.77. The van der Waals surface area contributed by atoms with Crippen LogP contribution in [-0.4, -0.2) is 10.0 Å². The van der Waals surface area contributed by atoms with Crippen molar-refractivity contribution in [3.05, 3.63) is 63.7 Å². The van der Waals surface area contributed by atoms with Crippen LogP contribution in [0.5, 0.6) is 11.5 Å². The molecule has 0 fully saturated rings. The Morgan fingerprint density at radius 1 is 1.24 bits per heavy atom. The van der Waals surface area contributed by atoms with Gasteiger partial charge in [-0.15, -0.1) is 0 Å². The number of non-ortho nitro benzene ring substituents is 1. The minimum Gasteiger partial charge on any atom is -0.457 e. The summed E-state index contributed by atoms with van der Waals surface area (Å²) < 4.78 is 5.82. The van der Waals surface area contributed by atoms with Gasteiger partial charge in [0.05, 0.1) is 11.0 Å². The van der Waals surface area contributed by atoms with E-state index in [9.17, 15) is 15.2 Å². The lowest BCUT2D eigenvalue weighted by Gasteiger charge is -2.15. The standard InChI is InChI=1S/C16H17NO4/c1-3-14(18)13-6-4-5-7-16(13)21-15-9-8-12(17(19)20)10-11(15)2/h4-10,14,18H,3H2,1-2H3/t14-/m0/s1. The molecular formula is C16H17NO4. The van der Waals surface area contributed by atoms with Crippen LogP contribution in [0, 0.1) is 17.0 Å². The smallest absolute Gasteiger partial charge is 0.269 e. The molecule has 0 spiro atoms. The summed E-state index contributed by atoms with van der Waals surface area (Å²) in [4.78, 5) is 10.3. The van der Waals surface area contributed by atoms with Gasteiger partial charge >= 0.3 is 0 Å². The highest BCUT2D eigenvalue weighted by atomic mass is 16.6. The number of ether oxygens (including phenoxy) is 1. The van der Waals surface area contributed by atoms with Crippen LogP contribution in [0.2, 0.25) is 0 Å². The number of nitro benzene ring substituents is 1. The van der Waals surface area contributed by atoms with Crippen LogP contribution in [0.25, 0.3) is 0 Å². The molecule has 21 heavy (non-hydrogen) atoms. The third kappa shape index (κ3) is 3.38. The zero-order valence-electron chi connectivity index (χ0n) is 11.9. The molecular weight excluding hydrogens is 270 g/mol. The van der Waals surface area contributed by atoms with E-state index in [1.54, 1.807) is 19.1 Å². The molecule has 0 radical (unpaired) electrons. The molecule has 1 atom stereocenters. The molecule has 0 unspecified atom stereocenters. The molecule has 0 aliphatic heterocycles. The van der Waals surface area contributed by atoms with Gasteiger partial charge < -0.3 is 9.84 Å². The number of aliphatic hydroxyl groups is 1. The maximum atomic E-state index is 10.7. The monoisotopic (exact) mass is 287 g/mol. The topological polar surface area (TPSA) is 72.6 Å². The number of aliphatic hydroxyl groups excluding tert-OH is 1. The van der Waals surface area contributed by atoms with Gasteiger partial charge in [0.1, 0.15) is 11.5 Å². The highest BCUT2D eigenvalue weighted by Crippen LogP contribution is 2.33. The van der Waals surface area contributed by atoms with Gasteiger partial charge in [0.2, 0.25) is 0 Å². The molecule has 0 amide bonds. The Kier molecular flexibility index (Phi) is 4.55. The highest BCUT2D eigenvalue weighted by molar-refractivity contribution is 5.46. The molecule has 0 aliphatic rings. The molecule has 5 nitrogen and oxygen atoms in total. The zero-order valence-corrected chi connectivity index (χ0v) is 11.9. The maximum Gasteiger partial charge on any atom is 0.269 e. The summed E-state index contributed by atoms with van der Waals surface area (Å²) >= 11 is 0. The van der Waals surface area contributed by atoms with E-state index < -0.39 is 11.0 Å². The number of rotatable bonds is 5. The van der Waals surface area contributed by atoms with Gasteiger partial charge in [-0.2, -0.15) is 0 Å². The summed E-state index contributed by atoms with van der Waals surface area (Å²) in [6.45, 7) is 3.64. The number of nitro groups is 1. The van der Waals surface area contributed by atoms with Crippen molar-refractivity contribution in [1.82, 2.24) is 0 Å². The van der Waals surface area contributed by atoms with E-state index in [2.05, 4.69) is 0 Å². The Balaban J connectivity index is 2.33. The molecule has 0 bridgehead atoms. The van der Waals surface area contributed by atoms with Crippen LogP contribution in [0.15, 0.2) is 42.5 Å². The number of para-hydroxylation sites is 1. The van der Waals surface area contributed by atoms with Crippen LogP contribution >= 0.6 is 0 Å². The molecule has 0 saturated carbocycles. The third-order valence-corrected chi connectivity index (χ3v) is 3.25. The average molecular weight is 287 g/mol. The summed E-state index contributed by atoms with van der Waals surface area (Å²) in [5.41, 5.74) is 1.41. The molecule has 0 saturated heterocycles. The normalized spacial score (nSPS) is 12.0. The fourth-order valence-electron chi connectivity index (χ4n) is 2.05. The first-order valence-electron chi connectivity index (χ1n) is 6.72. The van der Waals surface area contributed by atoms with Crippen molar-refractivity contribution in [2.75, 3.05) is 0 Å². The minimum atomic E-state index is -0.598. The molecule has 5 heteroatoms. The van der Waals surface area contributed by atoms with Gasteiger partial charge in [0.15, 0.2) is 0 Å². The lowest BCUT2D eigenvalue weighted by Crippen LogP contribution is -1.99. The Morgan fingerprint density at radius 2 is 1.95 bits per heavy atom. The van der Waals surface area contributed by atoms with Crippen molar-refractivity contribution < 1.29 is 14.8 Å². The minimum absolute atomic E-state index is 0.0294. The molecule has 110 valence electrons. The Bertz CT molecular complexity index is 654. The van der Waals surface area contributed by atoms with E-state index in [0.717, 1.165) is 0 Å². The molecule has 1 N–H and O–H groups in total. The van der Waals surface area contributed by atoms with Crippen LogP contribution in [0.3, 0.4) is 0 Å². The summed E-state index contributed by atoms with van der Waals surface area (Å²) in [7, 11) is 0. The van der Waals surface area contributed by atoms with Crippen molar-refractivity contribution in [2.45, 2.75) is 26.4 Å². The van der Waals surface area contributed by atoms with Gasteiger partial charge in [-0.3, -0.25) is 10.1 Å². The van der Waals surface area contributed by atoms with Gasteiger partial charge in [0.25, 0.3) is 5.69 Å². The van der Waals surface area contributed by atoms with Crippen LogP contribution in [0.1, 0.15) is 30.6 Å². The van der Waals surface area contributed by atoms with Crippen LogP contribution in [-0.2, 0) is 0 Å². The fourth-order valence-corrected chi connectivity index (χ4v) is 2.05. The van der Waals surface area contributed by atoms with E-state index >= 15 is 0 Å². The summed E-state index contributed by atoms with van der Waals surface area (Å²) in [6, 6.07) is 11.7. The summed E-state index contributed by atoms with van der Waals surface area (Å²) in [5.74, 6) is 1.10. The number of hydrogen-bond acceptors (Lipinski definition) is 4. The predicted octanol–water partition coefficient (Wildman–Crippen LogP) is 4.14.